The molecule has 0 saturated heterocycles. The highest BCUT2D eigenvalue weighted by molar-refractivity contribution is 7.93. The topological polar surface area (TPSA) is 76.1 Å². The van der Waals surface area contributed by atoms with Crippen molar-refractivity contribution >= 4 is 49.8 Å². The third-order valence-electron chi connectivity index (χ3n) is 3.90. The number of benzene rings is 2. The number of halogens is 1. The minimum Gasteiger partial charge on any atom is -0.260 e. The van der Waals surface area contributed by atoms with Gasteiger partial charge in [-0.05, 0) is 43.3 Å². The van der Waals surface area contributed by atoms with Crippen LogP contribution in [0, 0.1) is 12.7 Å². The molecule has 0 unspecified atom stereocenters. The number of hydrogen-bond donors (Lipinski definition) is 0. The van der Waals surface area contributed by atoms with Gasteiger partial charge in [0.2, 0.25) is 0 Å². The van der Waals surface area contributed by atoms with E-state index >= 15 is 0 Å². The normalized spacial score (nSPS) is 11.8. The van der Waals surface area contributed by atoms with E-state index < -0.39 is 15.8 Å². The van der Waals surface area contributed by atoms with Crippen LogP contribution in [0.3, 0.4) is 0 Å². The minimum atomic E-state index is -3.97. The second-order valence-corrected chi connectivity index (χ2v) is 9.16. The molecule has 2 aromatic heterocycles. The van der Waals surface area contributed by atoms with E-state index in [0.717, 1.165) is 16.7 Å². The lowest BCUT2D eigenvalue weighted by Crippen LogP contribution is -2.31. The highest BCUT2D eigenvalue weighted by Crippen LogP contribution is 2.30. The lowest BCUT2D eigenvalue weighted by Gasteiger charge is -2.24. The third-order valence-corrected chi connectivity index (χ3v) is 7.07. The quantitative estimate of drug-likeness (QED) is 0.488. The molecule has 6 nitrogen and oxygen atoms in total. The number of aromatic nitrogens is 3. The number of nitrogens with zero attached hydrogens (tertiary/aromatic N) is 4. The van der Waals surface area contributed by atoms with Crippen molar-refractivity contribution in [2.45, 2.75) is 18.4 Å². The van der Waals surface area contributed by atoms with Crippen molar-refractivity contribution in [2.75, 3.05) is 4.31 Å². The number of fused-ring (bicyclic) bond motifs is 1. The Balaban J connectivity index is 1.86. The van der Waals surface area contributed by atoms with E-state index in [1.807, 2.05) is 12.3 Å². The average Bonchev–Trinajstić information content (AvgIpc) is 3.28. The fourth-order valence-corrected chi connectivity index (χ4v) is 5.45. The lowest BCUT2D eigenvalue weighted by atomic mass is 10.3. The van der Waals surface area contributed by atoms with Crippen LogP contribution >= 0.6 is 23.1 Å². The van der Waals surface area contributed by atoms with Crippen LogP contribution in [0.4, 0.5) is 10.1 Å². The lowest BCUT2D eigenvalue weighted by molar-refractivity contribution is 0.590. The first kappa shape index (κ1) is 18.0. The zero-order chi connectivity index (χ0) is 19.0. The van der Waals surface area contributed by atoms with Gasteiger partial charge in [0.05, 0.1) is 34.7 Å². The molecule has 138 valence electrons. The van der Waals surface area contributed by atoms with Gasteiger partial charge >= 0.3 is 0 Å². The van der Waals surface area contributed by atoms with E-state index in [0.29, 0.717) is 22.4 Å². The summed E-state index contributed by atoms with van der Waals surface area (Å²) < 4.78 is 49.8. The molecule has 0 amide bonds. The second-order valence-electron chi connectivity index (χ2n) is 5.73. The van der Waals surface area contributed by atoms with Crippen molar-refractivity contribution in [2.24, 2.45) is 0 Å². The summed E-state index contributed by atoms with van der Waals surface area (Å²) in [6, 6.07) is 10.2. The molecule has 0 saturated carbocycles. The molecule has 0 radical (unpaired) electrons. The van der Waals surface area contributed by atoms with Crippen LogP contribution in [0.5, 0.6) is 0 Å². The van der Waals surface area contributed by atoms with Crippen LogP contribution in [0.1, 0.15) is 10.7 Å². The zero-order valence-corrected chi connectivity index (χ0v) is 16.5. The van der Waals surface area contributed by atoms with Crippen LogP contribution in [0.25, 0.3) is 11.0 Å². The zero-order valence-electron chi connectivity index (χ0n) is 14.0. The first-order valence-electron chi connectivity index (χ1n) is 7.86. The molecule has 0 fully saturated rings. The molecule has 4 aromatic rings. The molecule has 2 heterocycles. The van der Waals surface area contributed by atoms with E-state index in [4.69, 9.17) is 0 Å². The standard InChI is InChI=1S/C17H13FN4O2S3/c1-11-19-13(10-25-11)9-22(14-7-5-12(18)6-8-14)27(23,24)16-4-2-3-15-17(16)21-26-20-15/h2-8,10H,9H2,1H3. The Morgan fingerprint density at radius 3 is 2.59 bits per heavy atom. The summed E-state index contributed by atoms with van der Waals surface area (Å²) >= 11 is 2.40. The van der Waals surface area contributed by atoms with E-state index in [2.05, 4.69) is 13.7 Å². The molecule has 0 aliphatic heterocycles. The molecule has 4 rings (SSSR count). The van der Waals surface area contributed by atoms with Crippen molar-refractivity contribution in [1.82, 2.24) is 13.7 Å². The number of thiazole rings is 1. The van der Waals surface area contributed by atoms with E-state index in [1.54, 1.807) is 12.1 Å². The summed E-state index contributed by atoms with van der Waals surface area (Å²) in [7, 11) is -3.97. The number of sulfonamides is 1. The molecule has 0 spiro atoms. The second kappa shape index (κ2) is 6.95. The van der Waals surface area contributed by atoms with E-state index in [9.17, 15) is 12.8 Å². The maximum Gasteiger partial charge on any atom is 0.266 e. The maximum absolute atomic E-state index is 13.5. The van der Waals surface area contributed by atoms with Gasteiger partial charge in [0.15, 0.2) is 0 Å². The molecule has 10 heteroatoms. The summed E-state index contributed by atoms with van der Waals surface area (Å²) in [5.41, 5.74) is 1.81. The number of anilines is 1. The fourth-order valence-electron chi connectivity index (χ4n) is 2.66. The predicted molar refractivity (Wildman–Crippen MR) is 104 cm³/mol. The Bertz CT molecular complexity index is 1200. The molecular formula is C17H13FN4O2S3. The summed E-state index contributed by atoms with van der Waals surface area (Å²) in [5.74, 6) is -0.439. The summed E-state index contributed by atoms with van der Waals surface area (Å²) in [6.07, 6.45) is 0. The molecule has 0 atom stereocenters. The Hall–Kier alpha value is -2.43. The maximum atomic E-state index is 13.5. The predicted octanol–water partition coefficient (Wildman–Crippen LogP) is 3.99. The molecule has 0 bridgehead atoms. The van der Waals surface area contributed by atoms with Crippen LogP contribution in [-0.2, 0) is 16.6 Å². The summed E-state index contributed by atoms with van der Waals surface area (Å²) in [6.45, 7) is 1.89. The van der Waals surface area contributed by atoms with Crippen molar-refractivity contribution in [1.29, 1.82) is 0 Å². The number of aryl methyl sites for hydroxylation is 1. The van der Waals surface area contributed by atoms with Gasteiger partial charge < -0.3 is 0 Å². The Morgan fingerprint density at radius 2 is 1.89 bits per heavy atom. The number of rotatable bonds is 5. The van der Waals surface area contributed by atoms with Crippen molar-refractivity contribution in [3.8, 4) is 0 Å². The van der Waals surface area contributed by atoms with Gasteiger partial charge in [-0.3, -0.25) is 4.31 Å². The van der Waals surface area contributed by atoms with Gasteiger partial charge in [-0.25, -0.2) is 17.8 Å². The Labute approximate surface area is 163 Å². The van der Waals surface area contributed by atoms with E-state index in [1.165, 1.54) is 46.0 Å². The van der Waals surface area contributed by atoms with Gasteiger partial charge in [-0.15, -0.1) is 11.3 Å². The van der Waals surface area contributed by atoms with Crippen molar-refractivity contribution < 1.29 is 12.8 Å². The third kappa shape index (κ3) is 3.43. The van der Waals surface area contributed by atoms with Gasteiger partial charge in [-0.2, -0.15) is 8.75 Å². The summed E-state index contributed by atoms with van der Waals surface area (Å²) in [4.78, 5) is 4.43. The van der Waals surface area contributed by atoms with Crippen LogP contribution < -0.4 is 4.31 Å². The van der Waals surface area contributed by atoms with Crippen LogP contribution in [0.15, 0.2) is 52.7 Å². The monoisotopic (exact) mass is 420 g/mol. The Kier molecular flexibility index (Phi) is 4.62. The first-order chi connectivity index (χ1) is 12.9. The highest BCUT2D eigenvalue weighted by atomic mass is 32.2. The van der Waals surface area contributed by atoms with Gasteiger partial charge in [-0.1, -0.05) is 6.07 Å². The molecular weight excluding hydrogens is 407 g/mol. The molecule has 0 N–H and O–H groups in total. The molecule has 27 heavy (non-hydrogen) atoms. The van der Waals surface area contributed by atoms with Crippen molar-refractivity contribution in [3.63, 3.8) is 0 Å². The van der Waals surface area contributed by atoms with Crippen molar-refractivity contribution in [3.05, 3.63) is 64.4 Å². The van der Waals surface area contributed by atoms with Gasteiger partial charge in [0.25, 0.3) is 10.0 Å². The minimum absolute atomic E-state index is 0.0340. The van der Waals surface area contributed by atoms with Gasteiger partial charge in [0, 0.05) is 5.38 Å². The number of hydrogen-bond acceptors (Lipinski definition) is 7. The SMILES string of the molecule is Cc1nc(CN(c2ccc(F)cc2)S(=O)(=O)c2cccc3nsnc23)cs1. The highest BCUT2D eigenvalue weighted by Gasteiger charge is 2.29. The fraction of sp³-hybridized carbons (Fsp3) is 0.118. The van der Waals surface area contributed by atoms with Crippen LogP contribution in [0.2, 0.25) is 0 Å². The van der Waals surface area contributed by atoms with Gasteiger partial charge in [0.1, 0.15) is 21.7 Å². The summed E-state index contributed by atoms with van der Waals surface area (Å²) in [5, 5.41) is 2.65. The van der Waals surface area contributed by atoms with Crippen LogP contribution in [-0.4, -0.2) is 22.1 Å². The molecule has 0 aliphatic rings. The molecule has 2 aromatic carbocycles. The molecule has 0 aliphatic carbocycles. The first-order valence-corrected chi connectivity index (χ1v) is 10.9. The largest absolute Gasteiger partial charge is 0.266 e. The van der Waals surface area contributed by atoms with E-state index in [-0.39, 0.29) is 11.4 Å². The average molecular weight is 421 g/mol. The smallest absolute Gasteiger partial charge is 0.260 e. The Morgan fingerprint density at radius 1 is 1.11 bits per heavy atom.